The van der Waals surface area contributed by atoms with Gasteiger partial charge in [-0.3, -0.25) is 4.79 Å². The minimum absolute atomic E-state index is 0.281. The van der Waals surface area contributed by atoms with E-state index in [4.69, 9.17) is 0 Å². The van der Waals surface area contributed by atoms with Crippen LogP contribution in [0.4, 0.5) is 0 Å². The van der Waals surface area contributed by atoms with E-state index in [9.17, 15) is 4.79 Å². The average Bonchev–Trinajstić information content (AvgIpc) is 2.68. The molecule has 2 aromatic rings. The summed E-state index contributed by atoms with van der Waals surface area (Å²) in [5, 5.41) is 0. The predicted molar refractivity (Wildman–Crippen MR) is 109 cm³/mol. The van der Waals surface area contributed by atoms with Crippen molar-refractivity contribution in [1.82, 2.24) is 4.90 Å². The number of carbonyl (C=O) groups excluding carboxylic acids is 1. The Bertz CT molecular complexity index is 585. The standard InChI is InChI=1S/C21H27NO.CH3Cl/c1-5-20(23)21(16-17(2)22(3)4,18-12-8-6-9-13-18)19-14-10-7-11-15-19;1-2/h6-15,17H,5,16H2,1-4H3;1H3. The summed E-state index contributed by atoms with van der Waals surface area (Å²) < 4.78 is 0. The number of hydrogen-bond acceptors (Lipinski definition) is 2. The van der Waals surface area contributed by atoms with Gasteiger partial charge in [0.2, 0.25) is 0 Å². The lowest BCUT2D eigenvalue weighted by Gasteiger charge is -2.37. The van der Waals surface area contributed by atoms with Crippen LogP contribution in [0.5, 0.6) is 0 Å². The predicted octanol–water partition coefficient (Wildman–Crippen LogP) is 5.15. The van der Waals surface area contributed by atoms with Crippen LogP contribution in [0.1, 0.15) is 37.8 Å². The van der Waals surface area contributed by atoms with Gasteiger partial charge < -0.3 is 4.90 Å². The third-order valence-electron chi connectivity index (χ3n) is 4.81. The van der Waals surface area contributed by atoms with Crippen LogP contribution in [0.2, 0.25) is 0 Å². The highest BCUT2D eigenvalue weighted by Crippen LogP contribution is 2.39. The molecule has 1 unspecified atom stereocenters. The molecule has 2 rings (SSSR count). The highest BCUT2D eigenvalue weighted by Gasteiger charge is 2.41. The molecule has 0 aliphatic rings. The molecule has 0 aliphatic carbocycles. The molecule has 0 saturated carbocycles. The van der Waals surface area contributed by atoms with Crippen LogP contribution in [0, 0.1) is 0 Å². The van der Waals surface area contributed by atoms with E-state index in [0.717, 1.165) is 17.5 Å². The van der Waals surface area contributed by atoms with Gasteiger partial charge in [0.25, 0.3) is 0 Å². The lowest BCUT2D eigenvalue weighted by Crippen LogP contribution is -2.42. The molecule has 2 nitrogen and oxygen atoms in total. The van der Waals surface area contributed by atoms with Crippen molar-refractivity contribution in [2.75, 3.05) is 20.5 Å². The summed E-state index contributed by atoms with van der Waals surface area (Å²) in [4.78, 5) is 15.4. The van der Waals surface area contributed by atoms with Crippen molar-refractivity contribution in [2.45, 2.75) is 38.1 Å². The van der Waals surface area contributed by atoms with Gasteiger partial charge in [0.15, 0.2) is 0 Å². The first kappa shape index (κ1) is 21.4. The van der Waals surface area contributed by atoms with E-state index >= 15 is 0 Å². The first-order chi connectivity index (χ1) is 12.0. The zero-order valence-corrected chi connectivity index (χ0v) is 16.8. The van der Waals surface area contributed by atoms with Crippen molar-refractivity contribution in [3.8, 4) is 0 Å². The highest BCUT2D eigenvalue weighted by atomic mass is 35.5. The van der Waals surface area contributed by atoms with Crippen molar-refractivity contribution in [3.63, 3.8) is 0 Å². The van der Waals surface area contributed by atoms with Crippen LogP contribution in [0.15, 0.2) is 60.7 Å². The first-order valence-corrected chi connectivity index (χ1v) is 9.46. The number of nitrogens with zero attached hydrogens (tertiary/aromatic N) is 1. The molecule has 0 aromatic heterocycles. The van der Waals surface area contributed by atoms with Gasteiger partial charge in [0, 0.05) is 18.8 Å². The molecule has 2 aromatic carbocycles. The first-order valence-electron chi connectivity index (χ1n) is 8.71. The van der Waals surface area contributed by atoms with E-state index in [0.29, 0.717) is 12.5 Å². The zero-order chi connectivity index (χ0) is 18.9. The van der Waals surface area contributed by atoms with Crippen molar-refractivity contribution >= 4 is 17.4 Å². The molecule has 1 atom stereocenters. The average molecular weight is 360 g/mol. The van der Waals surface area contributed by atoms with Crippen LogP contribution >= 0.6 is 11.6 Å². The van der Waals surface area contributed by atoms with Crippen LogP contribution in [-0.2, 0) is 10.2 Å². The van der Waals surface area contributed by atoms with Gasteiger partial charge in [-0.1, -0.05) is 67.6 Å². The molecule has 0 aliphatic heterocycles. The Hall–Kier alpha value is -1.64. The van der Waals surface area contributed by atoms with Gasteiger partial charge in [0.1, 0.15) is 5.78 Å². The molecule has 3 heteroatoms. The minimum atomic E-state index is -0.582. The van der Waals surface area contributed by atoms with E-state index < -0.39 is 5.41 Å². The van der Waals surface area contributed by atoms with Gasteiger partial charge in [-0.25, -0.2) is 0 Å². The van der Waals surface area contributed by atoms with Crippen molar-refractivity contribution in [3.05, 3.63) is 71.8 Å². The summed E-state index contributed by atoms with van der Waals surface area (Å²) >= 11 is 4.64. The van der Waals surface area contributed by atoms with Gasteiger partial charge in [-0.2, -0.15) is 0 Å². The molecular weight excluding hydrogens is 330 g/mol. The number of benzene rings is 2. The van der Waals surface area contributed by atoms with Gasteiger partial charge in [-0.05, 0) is 38.6 Å². The minimum Gasteiger partial charge on any atom is -0.307 e. The lowest BCUT2D eigenvalue weighted by molar-refractivity contribution is -0.123. The fourth-order valence-electron chi connectivity index (χ4n) is 3.21. The second-order valence-corrected chi connectivity index (χ2v) is 6.43. The number of carbonyl (C=O) groups is 1. The molecule has 0 N–H and O–H groups in total. The van der Waals surface area contributed by atoms with E-state index in [-0.39, 0.29) is 5.78 Å². The Balaban J connectivity index is 0.00000151. The highest BCUT2D eigenvalue weighted by molar-refractivity contribution is 6.15. The second-order valence-electron chi connectivity index (χ2n) is 6.43. The van der Waals surface area contributed by atoms with Crippen molar-refractivity contribution in [1.29, 1.82) is 0 Å². The Morgan fingerprint density at radius 1 is 0.960 bits per heavy atom. The summed E-state index contributed by atoms with van der Waals surface area (Å²) in [6, 6.07) is 20.7. The number of alkyl halides is 1. The molecule has 0 fully saturated rings. The topological polar surface area (TPSA) is 20.3 Å². The fourth-order valence-corrected chi connectivity index (χ4v) is 3.21. The number of halogens is 1. The Labute approximate surface area is 157 Å². The SMILES string of the molecule is CCC(=O)C(CC(C)N(C)C)(c1ccccc1)c1ccccc1.CCl. The maximum absolute atomic E-state index is 13.2. The summed E-state index contributed by atoms with van der Waals surface area (Å²) in [6.07, 6.45) is 2.78. The van der Waals surface area contributed by atoms with Crippen LogP contribution in [0.25, 0.3) is 0 Å². The maximum atomic E-state index is 13.2. The fraction of sp³-hybridized carbons (Fsp3) is 0.409. The van der Waals surface area contributed by atoms with Gasteiger partial charge >= 0.3 is 0 Å². The number of Topliss-reactive ketones (excluding diaryl/α,β-unsaturated/α-hetero) is 1. The van der Waals surface area contributed by atoms with E-state index in [1.807, 2.05) is 43.3 Å². The van der Waals surface area contributed by atoms with Crippen LogP contribution in [0.3, 0.4) is 0 Å². The molecule has 0 heterocycles. The Morgan fingerprint density at radius 2 is 1.36 bits per heavy atom. The van der Waals surface area contributed by atoms with Crippen molar-refractivity contribution < 1.29 is 4.79 Å². The number of hydrogen-bond donors (Lipinski definition) is 0. The second kappa shape index (κ2) is 10.4. The molecule has 0 amide bonds. The van der Waals surface area contributed by atoms with Crippen LogP contribution < -0.4 is 0 Å². The normalized spacial score (nSPS) is 12.3. The summed E-state index contributed by atoms with van der Waals surface area (Å²) in [5.74, 6) is 0.281. The molecule has 0 spiro atoms. The largest absolute Gasteiger partial charge is 0.307 e. The summed E-state index contributed by atoms with van der Waals surface area (Å²) in [7, 11) is 4.14. The molecule has 0 radical (unpaired) electrons. The smallest absolute Gasteiger partial charge is 0.147 e. The molecular formula is C22H30ClNO. The van der Waals surface area contributed by atoms with Gasteiger partial charge in [-0.15, -0.1) is 11.6 Å². The van der Waals surface area contributed by atoms with Gasteiger partial charge in [0.05, 0.1) is 5.41 Å². The summed E-state index contributed by atoms with van der Waals surface area (Å²) in [5.41, 5.74) is 1.60. The van der Waals surface area contributed by atoms with E-state index in [1.165, 1.54) is 6.38 Å². The maximum Gasteiger partial charge on any atom is 0.147 e. The Kier molecular flexibility index (Phi) is 8.88. The lowest BCUT2D eigenvalue weighted by atomic mass is 9.67. The summed E-state index contributed by atoms with van der Waals surface area (Å²) in [6.45, 7) is 4.15. The molecule has 136 valence electrons. The molecule has 0 bridgehead atoms. The van der Waals surface area contributed by atoms with Crippen molar-refractivity contribution in [2.24, 2.45) is 0 Å². The molecule has 0 saturated heterocycles. The third kappa shape index (κ3) is 4.93. The number of rotatable bonds is 7. The number of ketones is 1. The van der Waals surface area contributed by atoms with E-state index in [2.05, 4.69) is 61.8 Å². The Morgan fingerprint density at radius 3 is 1.68 bits per heavy atom. The third-order valence-corrected chi connectivity index (χ3v) is 4.81. The monoisotopic (exact) mass is 359 g/mol. The zero-order valence-electron chi connectivity index (χ0n) is 16.0. The van der Waals surface area contributed by atoms with E-state index in [1.54, 1.807) is 0 Å². The molecule has 25 heavy (non-hydrogen) atoms. The quantitative estimate of drug-likeness (QED) is 0.637. The van der Waals surface area contributed by atoms with Crippen LogP contribution in [-0.4, -0.2) is 37.2 Å².